The molecule has 0 heterocycles. The lowest BCUT2D eigenvalue weighted by atomic mass is 9.83. The molecule has 0 aliphatic carbocycles. The van der Waals surface area contributed by atoms with Crippen molar-refractivity contribution in [3.63, 3.8) is 0 Å². The van der Waals surface area contributed by atoms with Crippen LogP contribution in [0.5, 0.6) is 0 Å². The lowest BCUT2D eigenvalue weighted by molar-refractivity contribution is 0.283. The summed E-state index contributed by atoms with van der Waals surface area (Å²) in [6, 6.07) is 0. The van der Waals surface area contributed by atoms with Crippen LogP contribution in [0, 0.1) is 5.41 Å². The molecule has 0 aromatic carbocycles. The van der Waals surface area contributed by atoms with E-state index in [4.69, 9.17) is 0 Å². The smallest absolute Gasteiger partial charge is 0.00248 e. The maximum atomic E-state index is 2.40. The first-order valence-electron chi connectivity index (χ1n) is 5.62. The molecule has 1 heteroatoms. The number of nitrogens with zero attached hydrogens (tertiary/aromatic N) is 1. The van der Waals surface area contributed by atoms with Crippen LogP contribution in [0.15, 0.2) is 0 Å². The Kier molecular flexibility index (Phi) is 6.40. The second-order valence-corrected chi connectivity index (χ2v) is 5.17. The molecule has 0 aliphatic heterocycles. The Bertz CT molecular complexity index is 116. The Labute approximate surface area is 84.5 Å². The third-order valence-electron chi connectivity index (χ3n) is 2.64. The molecule has 0 atom stereocenters. The van der Waals surface area contributed by atoms with Crippen LogP contribution in [0.2, 0.25) is 0 Å². The van der Waals surface area contributed by atoms with Crippen molar-refractivity contribution >= 4 is 0 Å². The molecule has 0 aromatic heterocycles. The van der Waals surface area contributed by atoms with Gasteiger partial charge in [-0.05, 0) is 45.3 Å². The van der Waals surface area contributed by atoms with Crippen LogP contribution in [-0.4, -0.2) is 25.5 Å². The van der Waals surface area contributed by atoms with Crippen molar-refractivity contribution in [1.82, 2.24) is 4.90 Å². The zero-order valence-corrected chi connectivity index (χ0v) is 10.2. The summed E-state index contributed by atoms with van der Waals surface area (Å²) in [6.07, 6.45) is 6.80. The lowest BCUT2D eigenvalue weighted by Crippen LogP contribution is -2.15. The van der Waals surface area contributed by atoms with Crippen molar-refractivity contribution in [3.8, 4) is 0 Å². The molecular formula is C12H27N. The van der Waals surface area contributed by atoms with E-state index < -0.39 is 0 Å². The van der Waals surface area contributed by atoms with E-state index in [1.165, 1.54) is 38.6 Å². The molecule has 0 fully saturated rings. The molecular weight excluding hydrogens is 158 g/mol. The standard InChI is InChI=1S/C12H27N/c1-6-9-12(2,3)10-7-8-11-13(4)5/h6-11H2,1-5H3. The molecule has 0 spiro atoms. The molecule has 0 N–H and O–H groups in total. The van der Waals surface area contributed by atoms with E-state index >= 15 is 0 Å². The fourth-order valence-corrected chi connectivity index (χ4v) is 1.83. The van der Waals surface area contributed by atoms with Gasteiger partial charge < -0.3 is 4.90 Å². The van der Waals surface area contributed by atoms with Gasteiger partial charge in [0, 0.05) is 0 Å². The van der Waals surface area contributed by atoms with Crippen LogP contribution in [0.1, 0.15) is 52.9 Å². The average molecular weight is 185 g/mol. The van der Waals surface area contributed by atoms with Crippen LogP contribution in [-0.2, 0) is 0 Å². The SMILES string of the molecule is CCCC(C)(C)CCCCN(C)C. The normalized spacial score (nSPS) is 12.5. The first kappa shape index (κ1) is 13.0. The Hall–Kier alpha value is -0.0400. The summed E-state index contributed by atoms with van der Waals surface area (Å²) in [5, 5.41) is 0. The number of hydrogen-bond donors (Lipinski definition) is 0. The zero-order chi connectivity index (χ0) is 10.3. The van der Waals surface area contributed by atoms with Crippen LogP contribution < -0.4 is 0 Å². The van der Waals surface area contributed by atoms with Crippen LogP contribution >= 0.6 is 0 Å². The second kappa shape index (κ2) is 6.42. The second-order valence-electron chi connectivity index (χ2n) is 5.17. The molecule has 80 valence electrons. The van der Waals surface area contributed by atoms with Gasteiger partial charge >= 0.3 is 0 Å². The molecule has 0 bridgehead atoms. The first-order chi connectivity index (χ1) is 5.98. The van der Waals surface area contributed by atoms with Gasteiger partial charge in [-0.1, -0.05) is 33.6 Å². The van der Waals surface area contributed by atoms with Gasteiger partial charge in [0.1, 0.15) is 0 Å². The summed E-state index contributed by atoms with van der Waals surface area (Å²) in [5.41, 5.74) is 0.570. The average Bonchev–Trinajstić information content (AvgIpc) is 1.98. The van der Waals surface area contributed by atoms with Crippen molar-refractivity contribution in [2.45, 2.75) is 52.9 Å². The molecule has 0 radical (unpaired) electrons. The highest BCUT2D eigenvalue weighted by Crippen LogP contribution is 2.28. The largest absolute Gasteiger partial charge is 0.309 e. The minimum atomic E-state index is 0.570. The van der Waals surface area contributed by atoms with Crippen molar-refractivity contribution < 1.29 is 0 Å². The fourth-order valence-electron chi connectivity index (χ4n) is 1.83. The summed E-state index contributed by atoms with van der Waals surface area (Å²) < 4.78 is 0. The van der Waals surface area contributed by atoms with E-state index in [0.29, 0.717) is 5.41 Å². The Morgan fingerprint density at radius 2 is 1.62 bits per heavy atom. The van der Waals surface area contributed by atoms with Crippen LogP contribution in [0.4, 0.5) is 0 Å². The van der Waals surface area contributed by atoms with Crippen molar-refractivity contribution in [3.05, 3.63) is 0 Å². The van der Waals surface area contributed by atoms with Gasteiger partial charge in [-0.25, -0.2) is 0 Å². The van der Waals surface area contributed by atoms with E-state index in [1.54, 1.807) is 0 Å². The highest BCUT2D eigenvalue weighted by atomic mass is 15.0. The van der Waals surface area contributed by atoms with Gasteiger partial charge in [0.15, 0.2) is 0 Å². The number of hydrogen-bond acceptors (Lipinski definition) is 1. The Balaban J connectivity index is 3.40. The van der Waals surface area contributed by atoms with Gasteiger partial charge in [0.05, 0.1) is 0 Å². The quantitative estimate of drug-likeness (QED) is 0.548. The summed E-state index contributed by atoms with van der Waals surface area (Å²) in [5.74, 6) is 0. The molecule has 0 aromatic rings. The van der Waals surface area contributed by atoms with E-state index in [-0.39, 0.29) is 0 Å². The summed E-state index contributed by atoms with van der Waals surface area (Å²) >= 11 is 0. The van der Waals surface area contributed by atoms with Crippen molar-refractivity contribution in [2.75, 3.05) is 20.6 Å². The molecule has 0 amide bonds. The fraction of sp³-hybridized carbons (Fsp3) is 1.00. The van der Waals surface area contributed by atoms with Crippen molar-refractivity contribution in [2.24, 2.45) is 5.41 Å². The Morgan fingerprint density at radius 3 is 2.08 bits per heavy atom. The number of unbranched alkanes of at least 4 members (excludes halogenated alkanes) is 1. The van der Waals surface area contributed by atoms with Gasteiger partial charge in [0.2, 0.25) is 0 Å². The maximum Gasteiger partial charge on any atom is -0.00248 e. The topological polar surface area (TPSA) is 3.24 Å². The molecule has 0 aliphatic rings. The molecule has 0 saturated carbocycles. The minimum Gasteiger partial charge on any atom is -0.309 e. The first-order valence-corrected chi connectivity index (χ1v) is 5.62. The maximum absolute atomic E-state index is 2.40. The van der Waals surface area contributed by atoms with Crippen LogP contribution in [0.25, 0.3) is 0 Å². The van der Waals surface area contributed by atoms with E-state index in [9.17, 15) is 0 Å². The monoisotopic (exact) mass is 185 g/mol. The number of rotatable bonds is 7. The molecule has 0 rings (SSSR count). The Morgan fingerprint density at radius 1 is 1.00 bits per heavy atom. The third kappa shape index (κ3) is 8.29. The van der Waals surface area contributed by atoms with E-state index in [2.05, 4.69) is 39.8 Å². The van der Waals surface area contributed by atoms with Crippen molar-refractivity contribution in [1.29, 1.82) is 0 Å². The van der Waals surface area contributed by atoms with Gasteiger partial charge in [-0.15, -0.1) is 0 Å². The zero-order valence-electron chi connectivity index (χ0n) is 10.2. The predicted octanol–water partition coefficient (Wildman–Crippen LogP) is 3.54. The highest BCUT2D eigenvalue weighted by Gasteiger charge is 2.15. The summed E-state index contributed by atoms with van der Waals surface area (Å²) in [6.45, 7) is 8.31. The summed E-state index contributed by atoms with van der Waals surface area (Å²) in [4.78, 5) is 2.27. The molecule has 1 nitrogen and oxygen atoms in total. The van der Waals surface area contributed by atoms with Gasteiger partial charge in [-0.3, -0.25) is 0 Å². The lowest BCUT2D eigenvalue weighted by Gasteiger charge is -2.24. The molecule has 0 saturated heterocycles. The van der Waals surface area contributed by atoms with E-state index in [1.807, 2.05) is 0 Å². The third-order valence-corrected chi connectivity index (χ3v) is 2.64. The van der Waals surface area contributed by atoms with E-state index in [0.717, 1.165) is 0 Å². The minimum absolute atomic E-state index is 0.570. The molecule has 13 heavy (non-hydrogen) atoms. The van der Waals surface area contributed by atoms with Crippen LogP contribution in [0.3, 0.4) is 0 Å². The van der Waals surface area contributed by atoms with Gasteiger partial charge in [-0.2, -0.15) is 0 Å². The summed E-state index contributed by atoms with van der Waals surface area (Å²) in [7, 11) is 4.30. The molecule has 0 unspecified atom stereocenters. The highest BCUT2D eigenvalue weighted by molar-refractivity contribution is 4.67. The predicted molar refractivity (Wildman–Crippen MR) is 61.1 cm³/mol. The van der Waals surface area contributed by atoms with Gasteiger partial charge in [0.25, 0.3) is 0 Å².